The fraction of sp³-hybridized carbons (Fsp3) is 0.314. The number of methoxy groups -OCH3 is 1. The van der Waals surface area contributed by atoms with Gasteiger partial charge in [0.1, 0.15) is 0 Å². The summed E-state index contributed by atoms with van der Waals surface area (Å²) in [4.78, 5) is 45.6. The summed E-state index contributed by atoms with van der Waals surface area (Å²) >= 11 is 1.29. The van der Waals surface area contributed by atoms with E-state index in [-0.39, 0.29) is 19.0 Å². The molecule has 0 saturated heterocycles. The van der Waals surface area contributed by atoms with E-state index < -0.39 is 18.0 Å². The number of nitrogens with zero attached hydrogens (tertiary/aromatic N) is 3. The minimum atomic E-state index is -0.760. The lowest BCUT2D eigenvalue weighted by Gasteiger charge is -2.25. The number of hydrogen-bond acceptors (Lipinski definition) is 9. The molecule has 6 rings (SSSR count). The van der Waals surface area contributed by atoms with Crippen LogP contribution in [0.5, 0.6) is 11.5 Å². The lowest BCUT2D eigenvalue weighted by Crippen LogP contribution is -2.40. The van der Waals surface area contributed by atoms with Crippen LogP contribution in [0, 0.1) is 20.8 Å². The molecule has 2 aromatic carbocycles. The van der Waals surface area contributed by atoms with Crippen molar-refractivity contribution in [1.82, 2.24) is 9.13 Å². The molecule has 0 amide bonds. The molecule has 2 aliphatic heterocycles. The number of ether oxygens (including phenoxy) is 4. The number of aromatic nitrogens is 2. The molecule has 0 bridgehead atoms. The zero-order valence-electron chi connectivity index (χ0n) is 26.6. The summed E-state index contributed by atoms with van der Waals surface area (Å²) in [5.74, 6) is 0.259. The quantitative estimate of drug-likeness (QED) is 0.254. The molecule has 0 N–H and O–H groups in total. The van der Waals surface area contributed by atoms with Gasteiger partial charge in [-0.05, 0) is 87.2 Å². The molecular weight excluding hydrogens is 606 g/mol. The molecule has 46 heavy (non-hydrogen) atoms. The smallest absolute Gasteiger partial charge is 0.338 e. The number of aryl methyl sites for hydroxylation is 1. The highest BCUT2D eigenvalue weighted by Crippen LogP contribution is 2.39. The summed E-state index contributed by atoms with van der Waals surface area (Å²) < 4.78 is 25.8. The molecule has 0 fully saturated rings. The van der Waals surface area contributed by atoms with E-state index in [1.807, 2.05) is 64.1 Å². The summed E-state index contributed by atoms with van der Waals surface area (Å²) in [5.41, 5.74) is 6.21. The first-order valence-electron chi connectivity index (χ1n) is 15.2. The average Bonchev–Trinajstić information content (AvgIpc) is 3.71. The van der Waals surface area contributed by atoms with Gasteiger partial charge in [-0.25, -0.2) is 14.6 Å². The van der Waals surface area contributed by atoms with Crippen molar-refractivity contribution in [3.05, 3.63) is 107 Å². The maximum atomic E-state index is 14.3. The molecular formula is C35H35N3O7S. The second kappa shape index (κ2) is 12.5. The number of esters is 2. The number of fused-ring (bicyclic) bond motifs is 2. The first-order valence-corrected chi connectivity index (χ1v) is 16.0. The first-order chi connectivity index (χ1) is 22.2. The molecule has 238 valence electrons. The van der Waals surface area contributed by atoms with Crippen molar-refractivity contribution in [2.45, 2.75) is 53.5 Å². The van der Waals surface area contributed by atoms with E-state index >= 15 is 0 Å². The monoisotopic (exact) mass is 641 g/mol. The van der Waals surface area contributed by atoms with E-state index in [1.54, 1.807) is 23.6 Å². The lowest BCUT2D eigenvalue weighted by atomic mass is 9.94. The van der Waals surface area contributed by atoms with Gasteiger partial charge in [-0.2, -0.15) is 0 Å². The summed E-state index contributed by atoms with van der Waals surface area (Å²) in [6.07, 6.45) is 3.17. The zero-order valence-corrected chi connectivity index (χ0v) is 27.4. The molecule has 0 radical (unpaired) electrons. The highest BCUT2D eigenvalue weighted by Gasteiger charge is 2.35. The molecule has 0 unspecified atom stereocenters. The van der Waals surface area contributed by atoms with Crippen LogP contribution >= 0.6 is 11.3 Å². The molecule has 1 atom stereocenters. The van der Waals surface area contributed by atoms with Gasteiger partial charge in [-0.1, -0.05) is 36.8 Å². The summed E-state index contributed by atoms with van der Waals surface area (Å²) in [7, 11) is 1.37. The fourth-order valence-corrected chi connectivity index (χ4v) is 7.17. The number of allylic oxidation sites excluding steroid dienone is 1. The Bertz CT molecular complexity index is 2100. The van der Waals surface area contributed by atoms with Crippen LogP contribution in [0.15, 0.2) is 63.5 Å². The van der Waals surface area contributed by atoms with Crippen molar-refractivity contribution in [3.63, 3.8) is 0 Å². The Morgan fingerprint density at radius 2 is 1.85 bits per heavy atom. The van der Waals surface area contributed by atoms with Crippen LogP contribution in [0.1, 0.15) is 71.2 Å². The van der Waals surface area contributed by atoms with Gasteiger partial charge in [0.05, 0.1) is 41.1 Å². The van der Waals surface area contributed by atoms with E-state index in [1.165, 1.54) is 18.4 Å². The van der Waals surface area contributed by atoms with Gasteiger partial charge < -0.3 is 23.5 Å². The van der Waals surface area contributed by atoms with Gasteiger partial charge >= 0.3 is 11.9 Å². The van der Waals surface area contributed by atoms with Crippen LogP contribution in [0.4, 0.5) is 0 Å². The number of benzene rings is 2. The van der Waals surface area contributed by atoms with Gasteiger partial charge in [0.15, 0.2) is 16.3 Å². The Kier molecular flexibility index (Phi) is 8.43. The number of hydrogen-bond donors (Lipinski definition) is 0. The topological polar surface area (TPSA) is 110 Å². The molecule has 0 saturated carbocycles. The van der Waals surface area contributed by atoms with Crippen LogP contribution in [-0.4, -0.2) is 41.6 Å². The van der Waals surface area contributed by atoms with Crippen LogP contribution < -0.4 is 24.4 Å². The van der Waals surface area contributed by atoms with Crippen molar-refractivity contribution >= 4 is 29.4 Å². The standard InChI is InChI=1S/C35H35N3O7S/c1-7-10-25-30(34(41)43-8-2)31(22-13-14-27-28(16-22)45-18-44-27)38-32(39)29(46-35(38)36-25)17-23-15-19(3)37(21(23)5)26-12-9-11-24(20(26)4)33(40)42-6/h9,11-17,31H,7-8,10,18H2,1-6H3/b29-17+/t31-/m0/s1. The molecule has 4 heterocycles. The predicted molar refractivity (Wildman–Crippen MR) is 174 cm³/mol. The van der Waals surface area contributed by atoms with Gasteiger partial charge in [-0.3, -0.25) is 9.36 Å². The van der Waals surface area contributed by atoms with Gasteiger partial charge in [-0.15, -0.1) is 0 Å². The predicted octanol–water partition coefficient (Wildman–Crippen LogP) is 4.81. The van der Waals surface area contributed by atoms with Crippen molar-refractivity contribution in [1.29, 1.82) is 0 Å². The van der Waals surface area contributed by atoms with E-state index in [9.17, 15) is 14.4 Å². The molecule has 4 aromatic rings. The van der Waals surface area contributed by atoms with E-state index in [0.717, 1.165) is 34.6 Å². The summed E-state index contributed by atoms with van der Waals surface area (Å²) in [6.45, 7) is 9.93. The Morgan fingerprint density at radius 1 is 1.07 bits per heavy atom. The van der Waals surface area contributed by atoms with Gasteiger partial charge in [0.2, 0.25) is 6.79 Å². The van der Waals surface area contributed by atoms with Crippen molar-refractivity contribution in [3.8, 4) is 17.2 Å². The number of carbonyl (C=O) groups excluding carboxylic acids is 2. The lowest BCUT2D eigenvalue weighted by molar-refractivity contribution is -0.139. The Hall–Kier alpha value is -4.90. The Balaban J connectivity index is 1.53. The molecule has 0 spiro atoms. The zero-order chi connectivity index (χ0) is 32.7. The third kappa shape index (κ3) is 5.24. The third-order valence-electron chi connectivity index (χ3n) is 8.31. The van der Waals surface area contributed by atoms with Crippen LogP contribution in [0.3, 0.4) is 0 Å². The maximum Gasteiger partial charge on any atom is 0.338 e. The molecule has 2 aliphatic rings. The minimum absolute atomic E-state index is 0.105. The normalized spacial score (nSPS) is 15.5. The van der Waals surface area contributed by atoms with Gasteiger partial charge in [0, 0.05) is 17.1 Å². The van der Waals surface area contributed by atoms with E-state index in [2.05, 4.69) is 4.57 Å². The Morgan fingerprint density at radius 3 is 2.59 bits per heavy atom. The minimum Gasteiger partial charge on any atom is -0.465 e. The largest absolute Gasteiger partial charge is 0.465 e. The average molecular weight is 642 g/mol. The van der Waals surface area contributed by atoms with E-state index in [4.69, 9.17) is 23.9 Å². The van der Waals surface area contributed by atoms with Crippen molar-refractivity contribution < 1.29 is 28.5 Å². The SMILES string of the molecule is CCCC1=C(C(=O)OCC)[C@H](c2ccc3c(c2)OCO3)n2c(s/c(=C/c3cc(C)n(-c4cccc(C(=O)OC)c4C)c3C)c2=O)=N1. The van der Waals surface area contributed by atoms with Crippen LogP contribution in [0.2, 0.25) is 0 Å². The highest BCUT2D eigenvalue weighted by atomic mass is 32.1. The van der Waals surface area contributed by atoms with Crippen LogP contribution in [-0.2, 0) is 14.3 Å². The second-order valence-corrected chi connectivity index (χ2v) is 12.1. The second-order valence-electron chi connectivity index (χ2n) is 11.1. The fourth-order valence-electron chi connectivity index (χ4n) is 6.16. The number of carbonyl (C=O) groups is 2. The van der Waals surface area contributed by atoms with Gasteiger partial charge in [0.25, 0.3) is 5.56 Å². The first kappa shape index (κ1) is 31.1. The number of rotatable bonds is 8. The molecule has 2 aromatic heterocycles. The number of thiazole rings is 1. The molecule has 10 nitrogen and oxygen atoms in total. The van der Waals surface area contributed by atoms with E-state index in [0.29, 0.717) is 49.7 Å². The molecule has 0 aliphatic carbocycles. The summed E-state index contributed by atoms with van der Waals surface area (Å²) in [6, 6.07) is 12.2. The molecule has 11 heteroatoms. The third-order valence-corrected chi connectivity index (χ3v) is 9.30. The van der Waals surface area contributed by atoms with Crippen molar-refractivity contribution in [2.24, 2.45) is 4.99 Å². The van der Waals surface area contributed by atoms with Crippen LogP contribution in [0.25, 0.3) is 11.8 Å². The Labute approximate surface area is 269 Å². The maximum absolute atomic E-state index is 14.3. The summed E-state index contributed by atoms with van der Waals surface area (Å²) in [5, 5.41) is 0. The van der Waals surface area contributed by atoms with Crippen molar-refractivity contribution in [2.75, 3.05) is 20.5 Å². The highest BCUT2D eigenvalue weighted by molar-refractivity contribution is 7.07.